The normalized spacial score (nSPS) is 12.8. The highest BCUT2D eigenvalue weighted by atomic mass is 32.2. The van der Waals surface area contributed by atoms with Crippen molar-refractivity contribution in [3.8, 4) is 0 Å². The van der Waals surface area contributed by atoms with E-state index in [2.05, 4.69) is 10.0 Å². The van der Waals surface area contributed by atoms with E-state index in [-0.39, 0.29) is 16.5 Å². The summed E-state index contributed by atoms with van der Waals surface area (Å²) in [6.07, 6.45) is 0. The van der Waals surface area contributed by atoms with E-state index < -0.39 is 33.6 Å². The lowest BCUT2D eigenvalue weighted by molar-refractivity contribution is 0.0939. The summed E-state index contributed by atoms with van der Waals surface area (Å²) < 4.78 is 52.9. The van der Waals surface area contributed by atoms with Gasteiger partial charge in [-0.3, -0.25) is 4.79 Å². The van der Waals surface area contributed by atoms with Gasteiger partial charge in [0.1, 0.15) is 0 Å². The molecule has 1 amide bonds. The highest BCUT2D eigenvalue weighted by Crippen LogP contribution is 2.17. The number of amides is 1. The van der Waals surface area contributed by atoms with Gasteiger partial charge < -0.3 is 5.32 Å². The number of nitrogens with one attached hydrogen (secondary N) is 2. The zero-order valence-electron chi connectivity index (χ0n) is 14.6. The molecule has 0 aromatic heterocycles. The molecule has 0 aliphatic heterocycles. The molecular formula is C18H20F2N2O3S. The van der Waals surface area contributed by atoms with Crippen LogP contribution >= 0.6 is 0 Å². The summed E-state index contributed by atoms with van der Waals surface area (Å²) in [5.74, 6) is -2.40. The Balaban J connectivity index is 2.11. The predicted molar refractivity (Wildman–Crippen MR) is 94.1 cm³/mol. The average molecular weight is 382 g/mol. The van der Waals surface area contributed by atoms with E-state index in [1.165, 1.54) is 30.3 Å². The van der Waals surface area contributed by atoms with Crippen LogP contribution in [-0.2, 0) is 10.0 Å². The molecule has 0 heterocycles. The first-order valence-electron chi connectivity index (χ1n) is 7.98. The Morgan fingerprint density at radius 1 is 0.962 bits per heavy atom. The Kier molecular flexibility index (Phi) is 6.09. The lowest BCUT2D eigenvalue weighted by atomic mass is 10.1. The van der Waals surface area contributed by atoms with E-state index in [9.17, 15) is 22.0 Å². The van der Waals surface area contributed by atoms with Gasteiger partial charge >= 0.3 is 0 Å². The third-order valence-corrected chi connectivity index (χ3v) is 5.28. The molecule has 0 spiro atoms. The zero-order chi connectivity index (χ0) is 19.5. The third kappa shape index (κ3) is 4.86. The van der Waals surface area contributed by atoms with Gasteiger partial charge in [0.2, 0.25) is 10.0 Å². The van der Waals surface area contributed by atoms with Crippen molar-refractivity contribution in [1.29, 1.82) is 0 Å². The quantitative estimate of drug-likeness (QED) is 0.806. The zero-order valence-corrected chi connectivity index (χ0v) is 15.4. The maximum absolute atomic E-state index is 13.3. The summed E-state index contributed by atoms with van der Waals surface area (Å²) in [7, 11) is -3.64. The van der Waals surface area contributed by atoms with Gasteiger partial charge in [-0.05, 0) is 62.7 Å². The van der Waals surface area contributed by atoms with Crippen molar-refractivity contribution in [2.24, 2.45) is 0 Å². The van der Waals surface area contributed by atoms with Crippen LogP contribution in [0.25, 0.3) is 0 Å². The van der Waals surface area contributed by atoms with Crippen molar-refractivity contribution < 1.29 is 22.0 Å². The summed E-state index contributed by atoms with van der Waals surface area (Å²) in [5, 5.41) is 2.66. The Morgan fingerprint density at radius 3 is 2.12 bits per heavy atom. The number of hydrogen-bond acceptors (Lipinski definition) is 3. The molecule has 0 saturated heterocycles. The Bertz CT molecular complexity index is 897. The minimum atomic E-state index is -3.64. The SMILES string of the molecule is CC(C)NS(=O)(=O)c1ccc(C(=O)N[C@H](C)c2ccc(F)c(F)c2)cc1. The van der Waals surface area contributed by atoms with Crippen molar-refractivity contribution in [3.63, 3.8) is 0 Å². The van der Waals surface area contributed by atoms with Crippen LogP contribution in [0.2, 0.25) is 0 Å². The minimum Gasteiger partial charge on any atom is -0.346 e. The average Bonchev–Trinajstić information content (AvgIpc) is 2.56. The van der Waals surface area contributed by atoms with Crippen molar-refractivity contribution in [2.75, 3.05) is 0 Å². The molecule has 2 N–H and O–H groups in total. The molecule has 2 aromatic carbocycles. The molecule has 0 radical (unpaired) electrons. The van der Waals surface area contributed by atoms with Gasteiger partial charge in [-0.15, -0.1) is 0 Å². The van der Waals surface area contributed by atoms with E-state index >= 15 is 0 Å². The lowest BCUT2D eigenvalue weighted by Crippen LogP contribution is -2.30. The van der Waals surface area contributed by atoms with E-state index in [0.29, 0.717) is 5.56 Å². The van der Waals surface area contributed by atoms with Crippen LogP contribution in [0.3, 0.4) is 0 Å². The third-order valence-electron chi connectivity index (χ3n) is 3.61. The largest absolute Gasteiger partial charge is 0.346 e. The van der Waals surface area contributed by atoms with Gasteiger partial charge in [0.15, 0.2) is 11.6 Å². The summed E-state index contributed by atoms with van der Waals surface area (Å²) in [6, 6.07) is 8.05. The number of rotatable bonds is 6. The molecule has 0 saturated carbocycles. The first-order valence-corrected chi connectivity index (χ1v) is 9.46. The van der Waals surface area contributed by atoms with Crippen LogP contribution in [-0.4, -0.2) is 20.4 Å². The smallest absolute Gasteiger partial charge is 0.251 e. The number of carbonyl (C=O) groups excluding carboxylic acids is 1. The second kappa shape index (κ2) is 7.92. The van der Waals surface area contributed by atoms with Gasteiger partial charge in [-0.2, -0.15) is 0 Å². The van der Waals surface area contributed by atoms with Gasteiger partial charge in [0, 0.05) is 11.6 Å². The first kappa shape index (κ1) is 20.0. The van der Waals surface area contributed by atoms with Crippen LogP contribution in [0, 0.1) is 11.6 Å². The standard InChI is InChI=1S/C18H20F2N2O3S/c1-11(2)22-26(24,25)15-7-4-13(5-8-15)18(23)21-12(3)14-6-9-16(19)17(20)10-14/h4-12,22H,1-3H3,(H,21,23)/t12-/m1/s1. The van der Waals surface area contributed by atoms with Crippen molar-refractivity contribution in [3.05, 3.63) is 65.2 Å². The summed E-state index contributed by atoms with van der Waals surface area (Å²) in [5.41, 5.74) is 0.667. The molecule has 2 aromatic rings. The van der Waals surface area contributed by atoms with Crippen molar-refractivity contribution >= 4 is 15.9 Å². The van der Waals surface area contributed by atoms with Crippen molar-refractivity contribution in [1.82, 2.24) is 10.0 Å². The Morgan fingerprint density at radius 2 is 1.58 bits per heavy atom. The number of halogens is 2. The van der Waals surface area contributed by atoms with Crippen LogP contribution < -0.4 is 10.0 Å². The second-order valence-corrected chi connectivity index (χ2v) is 7.88. The predicted octanol–water partition coefficient (Wildman–Crippen LogP) is 3.14. The summed E-state index contributed by atoms with van der Waals surface area (Å²) in [6.45, 7) is 5.05. The Labute approximate surface area is 151 Å². The van der Waals surface area contributed by atoms with Gasteiger partial charge in [-0.1, -0.05) is 6.07 Å². The van der Waals surface area contributed by atoms with Crippen LogP contribution in [0.4, 0.5) is 8.78 Å². The molecule has 8 heteroatoms. The molecular weight excluding hydrogens is 362 g/mol. The topological polar surface area (TPSA) is 75.3 Å². The van der Waals surface area contributed by atoms with Crippen LogP contribution in [0.15, 0.2) is 47.4 Å². The molecule has 140 valence electrons. The molecule has 1 atom stereocenters. The minimum absolute atomic E-state index is 0.0522. The Hall–Kier alpha value is -2.32. The van der Waals surface area contributed by atoms with Crippen molar-refractivity contribution in [2.45, 2.75) is 37.8 Å². The molecule has 0 unspecified atom stereocenters. The van der Waals surface area contributed by atoms with Crippen LogP contribution in [0.1, 0.15) is 42.7 Å². The fraction of sp³-hybridized carbons (Fsp3) is 0.278. The molecule has 26 heavy (non-hydrogen) atoms. The molecule has 0 aliphatic rings. The highest BCUT2D eigenvalue weighted by molar-refractivity contribution is 7.89. The van der Waals surface area contributed by atoms with E-state index in [4.69, 9.17) is 0 Å². The van der Waals surface area contributed by atoms with Gasteiger partial charge in [-0.25, -0.2) is 21.9 Å². The molecule has 5 nitrogen and oxygen atoms in total. The number of benzene rings is 2. The summed E-state index contributed by atoms with van der Waals surface area (Å²) in [4.78, 5) is 12.3. The van der Waals surface area contributed by atoms with E-state index in [1.807, 2.05) is 0 Å². The maximum atomic E-state index is 13.3. The first-order chi connectivity index (χ1) is 12.1. The van der Waals surface area contributed by atoms with E-state index in [1.54, 1.807) is 20.8 Å². The maximum Gasteiger partial charge on any atom is 0.251 e. The van der Waals surface area contributed by atoms with Gasteiger partial charge in [0.25, 0.3) is 5.91 Å². The number of carbonyl (C=O) groups is 1. The van der Waals surface area contributed by atoms with Gasteiger partial charge in [0.05, 0.1) is 10.9 Å². The number of sulfonamides is 1. The molecule has 2 rings (SSSR count). The van der Waals surface area contributed by atoms with Crippen LogP contribution in [0.5, 0.6) is 0 Å². The fourth-order valence-corrected chi connectivity index (χ4v) is 3.56. The molecule has 0 fully saturated rings. The number of hydrogen-bond donors (Lipinski definition) is 2. The molecule has 0 aliphatic carbocycles. The lowest BCUT2D eigenvalue weighted by Gasteiger charge is -2.15. The highest BCUT2D eigenvalue weighted by Gasteiger charge is 2.17. The second-order valence-electron chi connectivity index (χ2n) is 6.17. The fourth-order valence-electron chi connectivity index (χ4n) is 2.31. The monoisotopic (exact) mass is 382 g/mol. The van der Waals surface area contributed by atoms with E-state index in [0.717, 1.165) is 12.1 Å². The molecule has 0 bridgehead atoms. The summed E-state index contributed by atoms with van der Waals surface area (Å²) >= 11 is 0.